The van der Waals surface area contributed by atoms with Gasteiger partial charge in [-0.2, -0.15) is 0 Å². The molecule has 5 nitrogen and oxygen atoms in total. The lowest BCUT2D eigenvalue weighted by Gasteiger charge is -2.07. The van der Waals surface area contributed by atoms with Crippen LogP contribution in [0.4, 0.5) is 17.3 Å². The lowest BCUT2D eigenvalue weighted by atomic mass is 10.2. The summed E-state index contributed by atoms with van der Waals surface area (Å²) in [6.07, 6.45) is 0.409. The number of amides is 1. The molecule has 0 radical (unpaired) electrons. The summed E-state index contributed by atoms with van der Waals surface area (Å²) in [6, 6.07) is 11.2. The van der Waals surface area contributed by atoms with Crippen LogP contribution in [0.2, 0.25) is 5.02 Å². The first kappa shape index (κ1) is 18.1. The number of nitrogens with two attached hydrogens (primary N) is 1. The quantitative estimate of drug-likeness (QED) is 0.699. The minimum atomic E-state index is -0.0770. The summed E-state index contributed by atoms with van der Waals surface area (Å²) in [5, 5.41) is 6.64. The van der Waals surface area contributed by atoms with Crippen LogP contribution in [0.1, 0.15) is 18.9 Å². The molecule has 7 heteroatoms. The number of H-pyrrole nitrogens is 1. The van der Waals surface area contributed by atoms with Crippen molar-refractivity contribution in [2.45, 2.75) is 19.9 Å². The molecule has 118 valence electrons. The molecule has 0 spiro atoms. The molecule has 1 aromatic heterocycles. The van der Waals surface area contributed by atoms with E-state index in [1.807, 2.05) is 30.3 Å². The van der Waals surface area contributed by atoms with Gasteiger partial charge in [0.2, 0.25) is 17.5 Å². The maximum absolute atomic E-state index is 11.4. The highest BCUT2D eigenvalue weighted by molar-refractivity contribution is 6.31. The lowest BCUT2D eigenvalue weighted by Crippen LogP contribution is -3.00. The van der Waals surface area contributed by atoms with Crippen molar-refractivity contribution >= 4 is 34.8 Å². The van der Waals surface area contributed by atoms with Crippen LogP contribution in [0.15, 0.2) is 36.4 Å². The van der Waals surface area contributed by atoms with E-state index in [2.05, 4.69) is 15.6 Å². The van der Waals surface area contributed by atoms with Crippen molar-refractivity contribution in [1.29, 1.82) is 0 Å². The number of halogens is 2. The average molecular weight is 341 g/mol. The van der Waals surface area contributed by atoms with Gasteiger partial charge in [-0.15, -0.1) is 0 Å². The van der Waals surface area contributed by atoms with Crippen LogP contribution < -0.4 is 33.8 Å². The van der Waals surface area contributed by atoms with Gasteiger partial charge in [-0.3, -0.25) is 4.79 Å². The monoisotopic (exact) mass is 340 g/mol. The van der Waals surface area contributed by atoms with E-state index in [0.717, 1.165) is 11.4 Å². The summed E-state index contributed by atoms with van der Waals surface area (Å²) < 4.78 is 0. The van der Waals surface area contributed by atoms with Crippen LogP contribution in [0.5, 0.6) is 0 Å². The highest BCUT2D eigenvalue weighted by Gasteiger charge is 2.09. The van der Waals surface area contributed by atoms with Crippen LogP contribution in [-0.4, -0.2) is 5.91 Å². The van der Waals surface area contributed by atoms with Crippen LogP contribution in [0, 0.1) is 0 Å². The zero-order valence-corrected chi connectivity index (χ0v) is 13.6. The van der Waals surface area contributed by atoms with Crippen molar-refractivity contribution in [3.8, 4) is 0 Å². The fraction of sp³-hybridized carbons (Fsp3) is 0.200. The van der Waals surface area contributed by atoms with Gasteiger partial charge in [0.1, 0.15) is 5.69 Å². The Morgan fingerprint density at radius 2 is 2.00 bits per heavy atom. The number of carbonyl (C=O) groups excluding carboxylic acids is 1. The Morgan fingerprint density at radius 1 is 1.27 bits per heavy atom. The van der Waals surface area contributed by atoms with Crippen LogP contribution in [-0.2, 0) is 11.3 Å². The summed E-state index contributed by atoms with van der Waals surface area (Å²) in [5.74, 6) is 1.08. The van der Waals surface area contributed by atoms with Gasteiger partial charge in [0, 0.05) is 23.1 Å². The zero-order valence-electron chi connectivity index (χ0n) is 12.1. The summed E-state index contributed by atoms with van der Waals surface area (Å²) >= 11 is 6.10. The van der Waals surface area contributed by atoms with Gasteiger partial charge in [0.05, 0.1) is 6.54 Å². The summed E-state index contributed by atoms with van der Waals surface area (Å²) in [7, 11) is 0. The molecule has 2 rings (SSSR count). The number of hydrogen-bond acceptors (Lipinski definition) is 3. The molecule has 0 atom stereocenters. The number of benzene rings is 1. The van der Waals surface area contributed by atoms with Gasteiger partial charge in [-0.1, -0.05) is 36.7 Å². The van der Waals surface area contributed by atoms with E-state index in [9.17, 15) is 4.79 Å². The van der Waals surface area contributed by atoms with Crippen LogP contribution in [0.3, 0.4) is 0 Å². The highest BCUT2D eigenvalue weighted by Crippen LogP contribution is 2.18. The van der Waals surface area contributed by atoms with Gasteiger partial charge < -0.3 is 28.8 Å². The molecule has 0 unspecified atom stereocenters. The number of pyridine rings is 1. The topological polar surface area (TPSA) is 81.3 Å². The third-order valence-corrected chi connectivity index (χ3v) is 3.37. The number of carbonyl (C=O) groups is 1. The Hall–Kier alpha value is -1.98. The second kappa shape index (κ2) is 8.46. The molecule has 22 heavy (non-hydrogen) atoms. The van der Waals surface area contributed by atoms with E-state index < -0.39 is 0 Å². The molecule has 2 aromatic rings. The first-order valence-corrected chi connectivity index (χ1v) is 7.07. The molecule has 5 N–H and O–H groups in total. The number of aromatic nitrogens is 1. The SMILES string of the molecule is CCC(=O)Nc1ccc(NCc2ccccc2Cl)[nH+]c1N.[Cl-]. The Morgan fingerprint density at radius 3 is 2.64 bits per heavy atom. The largest absolute Gasteiger partial charge is 1.00 e. The standard InChI is InChI=1S/C15H17ClN4O.ClH/c1-2-14(21)19-12-7-8-13(20-15(12)17)18-9-10-5-3-4-6-11(10)16;/h3-8H,2,9H2,1H3,(H,19,21)(H3,17,18,20);1H. The smallest absolute Gasteiger partial charge is 0.241 e. The number of nitrogen functional groups attached to an aromatic ring is 1. The van der Waals surface area contributed by atoms with Gasteiger partial charge in [0.15, 0.2) is 0 Å². The number of hydrogen-bond donors (Lipinski definition) is 3. The fourth-order valence-corrected chi connectivity index (χ4v) is 2.00. The Labute approximate surface area is 140 Å². The van der Waals surface area contributed by atoms with Crippen molar-refractivity contribution in [3.05, 3.63) is 47.0 Å². The summed E-state index contributed by atoms with van der Waals surface area (Å²) in [5.41, 5.74) is 7.46. The zero-order chi connectivity index (χ0) is 15.2. The first-order chi connectivity index (χ1) is 10.1. The van der Waals surface area contributed by atoms with Crippen molar-refractivity contribution in [2.75, 3.05) is 16.4 Å². The predicted octanol–water partition coefficient (Wildman–Crippen LogP) is -0.299. The maximum Gasteiger partial charge on any atom is 0.241 e. The first-order valence-electron chi connectivity index (χ1n) is 6.69. The number of aromatic amines is 1. The molecule has 1 heterocycles. The molecule has 0 aliphatic rings. The lowest BCUT2D eigenvalue weighted by molar-refractivity contribution is -0.342. The van der Waals surface area contributed by atoms with Crippen molar-refractivity contribution in [1.82, 2.24) is 0 Å². The Balaban J connectivity index is 0.00000242. The summed E-state index contributed by atoms with van der Waals surface area (Å²) in [6.45, 7) is 2.37. The van der Waals surface area contributed by atoms with Gasteiger partial charge >= 0.3 is 0 Å². The molecule has 0 fully saturated rings. The molecule has 0 bridgehead atoms. The number of rotatable bonds is 5. The van der Waals surface area contributed by atoms with Gasteiger partial charge in [0.25, 0.3) is 0 Å². The summed E-state index contributed by atoms with van der Waals surface area (Å²) in [4.78, 5) is 14.4. The molecule has 0 aliphatic carbocycles. The average Bonchev–Trinajstić information content (AvgIpc) is 2.48. The molecular formula is C15H18Cl2N4O. The van der Waals surface area contributed by atoms with Crippen molar-refractivity contribution in [2.24, 2.45) is 0 Å². The second-order valence-electron chi connectivity index (χ2n) is 4.55. The molecule has 1 aromatic carbocycles. The minimum Gasteiger partial charge on any atom is -1.00 e. The van der Waals surface area contributed by atoms with E-state index in [0.29, 0.717) is 29.5 Å². The van der Waals surface area contributed by atoms with E-state index in [4.69, 9.17) is 17.3 Å². The molecule has 0 saturated carbocycles. The van der Waals surface area contributed by atoms with E-state index >= 15 is 0 Å². The number of nitrogens with one attached hydrogen (secondary N) is 3. The van der Waals surface area contributed by atoms with Crippen molar-refractivity contribution < 1.29 is 22.2 Å². The Bertz CT molecular complexity index is 649. The molecule has 1 amide bonds. The fourth-order valence-electron chi connectivity index (χ4n) is 1.79. The minimum absolute atomic E-state index is 0. The highest BCUT2D eigenvalue weighted by atomic mass is 35.5. The van der Waals surface area contributed by atoms with E-state index in [1.165, 1.54) is 0 Å². The molecule has 0 saturated heterocycles. The molecule has 0 aliphatic heterocycles. The van der Waals surface area contributed by atoms with E-state index in [-0.39, 0.29) is 18.3 Å². The Kier molecular flexibility index (Phi) is 6.95. The molecular weight excluding hydrogens is 323 g/mol. The van der Waals surface area contributed by atoms with Crippen molar-refractivity contribution in [3.63, 3.8) is 0 Å². The van der Waals surface area contributed by atoms with Crippen LogP contribution in [0.25, 0.3) is 0 Å². The normalized spacial score (nSPS) is 9.73. The van der Waals surface area contributed by atoms with Crippen LogP contribution >= 0.6 is 11.6 Å². The van der Waals surface area contributed by atoms with E-state index in [1.54, 1.807) is 13.0 Å². The van der Waals surface area contributed by atoms with Gasteiger partial charge in [-0.25, -0.2) is 4.98 Å². The third-order valence-electron chi connectivity index (χ3n) is 3.00. The maximum atomic E-state index is 11.4. The third kappa shape index (κ3) is 4.79. The number of anilines is 3. The second-order valence-corrected chi connectivity index (χ2v) is 4.95. The van der Waals surface area contributed by atoms with Gasteiger partial charge in [-0.05, 0) is 12.1 Å². The predicted molar refractivity (Wildman–Crippen MR) is 85.1 cm³/mol.